The Morgan fingerprint density at radius 1 is 1.50 bits per heavy atom. The average molecular weight is 258 g/mol. The van der Waals surface area contributed by atoms with E-state index in [4.69, 9.17) is 11.0 Å². The number of pyridine rings is 1. The van der Waals surface area contributed by atoms with Gasteiger partial charge in [0, 0.05) is 12.6 Å². The Bertz CT molecular complexity index is 449. The molecule has 1 rings (SSSR count). The van der Waals surface area contributed by atoms with Crippen molar-refractivity contribution in [3.05, 3.63) is 23.4 Å². The van der Waals surface area contributed by atoms with Crippen LogP contribution >= 0.6 is 0 Å². The maximum absolute atomic E-state index is 12.5. The Labute approximate surface area is 103 Å². The van der Waals surface area contributed by atoms with Crippen LogP contribution in [-0.2, 0) is 6.18 Å². The first-order chi connectivity index (χ1) is 8.34. The third kappa shape index (κ3) is 3.89. The van der Waals surface area contributed by atoms with Crippen molar-refractivity contribution in [3.8, 4) is 6.07 Å². The summed E-state index contributed by atoms with van der Waals surface area (Å²) >= 11 is 0. The van der Waals surface area contributed by atoms with Gasteiger partial charge in [0.15, 0.2) is 0 Å². The minimum absolute atomic E-state index is 0.0621. The average Bonchev–Trinajstić information content (AvgIpc) is 2.27. The number of nitrogens with zero attached hydrogens (tertiary/aromatic N) is 2. The molecule has 3 N–H and O–H groups in total. The van der Waals surface area contributed by atoms with Gasteiger partial charge in [-0.25, -0.2) is 4.98 Å². The molecular formula is C11H13F3N4. The Kier molecular flexibility index (Phi) is 4.50. The smallest absolute Gasteiger partial charge is 0.369 e. The fraction of sp³-hybridized carbons (Fsp3) is 0.455. The third-order valence-corrected chi connectivity index (χ3v) is 2.20. The number of hydrogen-bond donors (Lipinski definition) is 2. The molecule has 0 radical (unpaired) electrons. The highest BCUT2D eigenvalue weighted by Gasteiger charge is 2.33. The summed E-state index contributed by atoms with van der Waals surface area (Å²) in [6.07, 6.45) is -3.95. The van der Waals surface area contributed by atoms with Crippen molar-refractivity contribution >= 4 is 5.82 Å². The van der Waals surface area contributed by atoms with Crippen LogP contribution in [0.25, 0.3) is 0 Å². The van der Waals surface area contributed by atoms with Crippen LogP contribution in [0.1, 0.15) is 24.6 Å². The number of anilines is 1. The van der Waals surface area contributed by atoms with E-state index in [1.54, 1.807) is 13.0 Å². The van der Waals surface area contributed by atoms with E-state index in [-0.39, 0.29) is 17.4 Å². The normalized spacial score (nSPS) is 12.9. The first-order valence-electron chi connectivity index (χ1n) is 5.32. The predicted molar refractivity (Wildman–Crippen MR) is 60.7 cm³/mol. The minimum Gasteiger partial charge on any atom is -0.369 e. The zero-order valence-corrected chi connectivity index (χ0v) is 9.75. The molecule has 0 fully saturated rings. The lowest BCUT2D eigenvalue weighted by Crippen LogP contribution is -2.20. The predicted octanol–water partition coefficient (Wildman–Crippen LogP) is 2.12. The van der Waals surface area contributed by atoms with Crippen LogP contribution in [-0.4, -0.2) is 17.6 Å². The molecule has 0 amide bonds. The van der Waals surface area contributed by atoms with Crippen molar-refractivity contribution in [2.45, 2.75) is 25.6 Å². The summed E-state index contributed by atoms with van der Waals surface area (Å²) in [7, 11) is 0. The highest BCUT2D eigenvalue weighted by Crippen LogP contribution is 2.29. The zero-order chi connectivity index (χ0) is 13.8. The van der Waals surface area contributed by atoms with Gasteiger partial charge >= 0.3 is 6.18 Å². The van der Waals surface area contributed by atoms with Gasteiger partial charge in [-0.1, -0.05) is 0 Å². The SMILES string of the molecule is CC(N)CCNc1nc(C(F)(F)F)ccc1C#N. The van der Waals surface area contributed by atoms with E-state index < -0.39 is 11.9 Å². The summed E-state index contributed by atoms with van der Waals surface area (Å²) in [5.41, 5.74) is 4.57. The Morgan fingerprint density at radius 3 is 2.67 bits per heavy atom. The first kappa shape index (κ1) is 14.3. The minimum atomic E-state index is -4.52. The van der Waals surface area contributed by atoms with Gasteiger partial charge in [0.1, 0.15) is 17.6 Å². The van der Waals surface area contributed by atoms with Crippen molar-refractivity contribution < 1.29 is 13.2 Å². The van der Waals surface area contributed by atoms with Gasteiger partial charge in [-0.3, -0.25) is 0 Å². The van der Waals surface area contributed by atoms with E-state index >= 15 is 0 Å². The van der Waals surface area contributed by atoms with Crippen molar-refractivity contribution in [2.75, 3.05) is 11.9 Å². The first-order valence-corrected chi connectivity index (χ1v) is 5.32. The highest BCUT2D eigenvalue weighted by molar-refractivity contribution is 5.52. The van der Waals surface area contributed by atoms with Crippen molar-refractivity contribution in [1.82, 2.24) is 4.98 Å². The standard InChI is InChI=1S/C11H13F3N4/c1-7(16)4-5-17-10-8(6-15)2-3-9(18-10)11(12,13)14/h2-3,7H,4-5,16H2,1H3,(H,17,18). The van der Waals surface area contributed by atoms with Crippen molar-refractivity contribution in [2.24, 2.45) is 5.73 Å². The van der Waals surface area contributed by atoms with Crippen LogP contribution in [0.15, 0.2) is 12.1 Å². The van der Waals surface area contributed by atoms with Gasteiger partial charge in [0.25, 0.3) is 0 Å². The van der Waals surface area contributed by atoms with E-state index in [1.165, 1.54) is 0 Å². The largest absolute Gasteiger partial charge is 0.433 e. The lowest BCUT2D eigenvalue weighted by atomic mass is 10.2. The van der Waals surface area contributed by atoms with Gasteiger partial charge in [-0.05, 0) is 25.5 Å². The number of alkyl halides is 3. The molecule has 0 saturated carbocycles. The molecule has 1 unspecified atom stereocenters. The molecule has 4 nitrogen and oxygen atoms in total. The second-order valence-corrected chi connectivity index (χ2v) is 3.89. The molecule has 1 heterocycles. The van der Waals surface area contributed by atoms with Crippen LogP contribution in [0, 0.1) is 11.3 Å². The Hall–Kier alpha value is -1.81. The molecular weight excluding hydrogens is 245 g/mol. The lowest BCUT2D eigenvalue weighted by molar-refractivity contribution is -0.141. The Morgan fingerprint density at radius 2 is 2.17 bits per heavy atom. The molecule has 0 aromatic carbocycles. The second kappa shape index (κ2) is 5.69. The van der Waals surface area contributed by atoms with Crippen LogP contribution in [0.5, 0.6) is 0 Å². The van der Waals surface area contributed by atoms with Gasteiger partial charge < -0.3 is 11.1 Å². The van der Waals surface area contributed by atoms with Crippen LogP contribution in [0.4, 0.5) is 19.0 Å². The number of nitrogens with two attached hydrogens (primary N) is 1. The summed E-state index contributed by atoms with van der Waals surface area (Å²) in [6.45, 7) is 2.15. The fourth-order valence-corrected chi connectivity index (χ4v) is 1.26. The maximum Gasteiger partial charge on any atom is 0.433 e. The van der Waals surface area contributed by atoms with Gasteiger partial charge in [-0.15, -0.1) is 0 Å². The highest BCUT2D eigenvalue weighted by atomic mass is 19.4. The summed E-state index contributed by atoms with van der Waals surface area (Å²) < 4.78 is 37.4. The summed E-state index contributed by atoms with van der Waals surface area (Å²) in [6, 6.07) is 3.60. The zero-order valence-electron chi connectivity index (χ0n) is 9.75. The number of nitrogens with one attached hydrogen (secondary N) is 1. The molecule has 0 aliphatic rings. The molecule has 1 aromatic rings. The molecule has 7 heteroatoms. The van der Waals surface area contributed by atoms with E-state index in [0.717, 1.165) is 12.1 Å². The quantitative estimate of drug-likeness (QED) is 0.867. The van der Waals surface area contributed by atoms with E-state index in [2.05, 4.69) is 10.3 Å². The Balaban J connectivity index is 2.90. The number of aromatic nitrogens is 1. The molecule has 98 valence electrons. The summed E-state index contributed by atoms with van der Waals surface area (Å²) in [4.78, 5) is 3.41. The van der Waals surface area contributed by atoms with Crippen LogP contribution in [0.2, 0.25) is 0 Å². The van der Waals surface area contributed by atoms with Crippen molar-refractivity contribution in [3.63, 3.8) is 0 Å². The topological polar surface area (TPSA) is 74.7 Å². The van der Waals surface area contributed by atoms with Gasteiger partial charge in [0.2, 0.25) is 0 Å². The molecule has 0 spiro atoms. The maximum atomic E-state index is 12.5. The fourth-order valence-electron chi connectivity index (χ4n) is 1.26. The number of nitriles is 1. The molecule has 1 aromatic heterocycles. The van der Waals surface area contributed by atoms with E-state index in [9.17, 15) is 13.2 Å². The molecule has 0 saturated heterocycles. The molecule has 0 bridgehead atoms. The van der Waals surface area contributed by atoms with Crippen LogP contribution in [0.3, 0.4) is 0 Å². The number of rotatable bonds is 4. The van der Waals surface area contributed by atoms with Gasteiger partial charge in [0.05, 0.1) is 5.56 Å². The lowest BCUT2D eigenvalue weighted by Gasteiger charge is -2.11. The monoisotopic (exact) mass is 258 g/mol. The molecule has 0 aliphatic heterocycles. The second-order valence-electron chi connectivity index (χ2n) is 3.89. The summed E-state index contributed by atoms with van der Waals surface area (Å²) in [5, 5.41) is 11.5. The molecule has 18 heavy (non-hydrogen) atoms. The third-order valence-electron chi connectivity index (χ3n) is 2.20. The number of hydrogen-bond acceptors (Lipinski definition) is 4. The van der Waals surface area contributed by atoms with Crippen molar-refractivity contribution in [1.29, 1.82) is 5.26 Å². The summed E-state index contributed by atoms with van der Waals surface area (Å²) in [5.74, 6) is -0.0621. The molecule has 1 atom stereocenters. The van der Waals surface area contributed by atoms with Crippen LogP contribution < -0.4 is 11.1 Å². The van der Waals surface area contributed by atoms with Gasteiger partial charge in [-0.2, -0.15) is 18.4 Å². The van der Waals surface area contributed by atoms with E-state index in [0.29, 0.717) is 13.0 Å². The number of halogens is 3. The molecule has 0 aliphatic carbocycles. The van der Waals surface area contributed by atoms with E-state index in [1.807, 2.05) is 0 Å².